The molecular weight excluding hydrogens is 443 g/mol. The van der Waals surface area contributed by atoms with Crippen molar-refractivity contribution in [1.29, 1.82) is 0 Å². The lowest BCUT2D eigenvalue weighted by molar-refractivity contribution is 0.463. The summed E-state index contributed by atoms with van der Waals surface area (Å²) in [6.45, 7) is 3.02. The highest BCUT2D eigenvalue weighted by atomic mass is 19.1. The Morgan fingerprint density at radius 1 is 0.886 bits per heavy atom. The second-order valence-corrected chi connectivity index (χ2v) is 10.1. The number of nitrogens with two attached hydrogens (primary N) is 1. The fourth-order valence-electron chi connectivity index (χ4n) is 5.89. The first-order valence-corrected chi connectivity index (χ1v) is 12.3. The molecule has 2 atom stereocenters. The lowest BCUT2D eigenvalue weighted by Gasteiger charge is -2.38. The zero-order chi connectivity index (χ0) is 23.7. The van der Waals surface area contributed by atoms with Crippen LogP contribution in [0.4, 0.5) is 16.2 Å². The summed E-state index contributed by atoms with van der Waals surface area (Å²) in [5, 5.41) is 16.5. The third-order valence-electron chi connectivity index (χ3n) is 7.62. The minimum atomic E-state index is -0.397. The maximum atomic E-state index is 16.3. The summed E-state index contributed by atoms with van der Waals surface area (Å²) in [5.74, 6) is 1.02. The van der Waals surface area contributed by atoms with Crippen LogP contribution in [0.3, 0.4) is 0 Å². The van der Waals surface area contributed by atoms with Gasteiger partial charge in [-0.25, -0.2) is 9.37 Å². The van der Waals surface area contributed by atoms with Crippen molar-refractivity contribution in [2.24, 2.45) is 5.73 Å². The molecule has 0 spiro atoms. The highest BCUT2D eigenvalue weighted by Gasteiger charge is 2.35. The summed E-state index contributed by atoms with van der Waals surface area (Å²) in [4.78, 5) is 13.9. The number of hydrogen-bond donors (Lipinski definition) is 3. The number of piperazine rings is 1. The van der Waals surface area contributed by atoms with Crippen LogP contribution in [0.15, 0.2) is 48.5 Å². The molecule has 3 aliphatic heterocycles. The molecule has 0 aliphatic carbocycles. The van der Waals surface area contributed by atoms with Crippen LogP contribution in [0.1, 0.15) is 12.8 Å². The molecule has 3 aliphatic rings. The third kappa shape index (κ3) is 3.39. The first-order chi connectivity index (χ1) is 17.0. The van der Waals surface area contributed by atoms with Gasteiger partial charge in [-0.2, -0.15) is 4.98 Å². The fourth-order valence-corrected chi connectivity index (χ4v) is 5.89. The molecule has 4 heterocycles. The Bertz CT molecular complexity index is 1460. The Hall–Kier alpha value is -3.49. The van der Waals surface area contributed by atoms with Crippen LogP contribution < -0.4 is 20.9 Å². The molecular formula is C27H27FN6O. The number of nitrogens with one attached hydrogen (secondary N) is 1. The van der Waals surface area contributed by atoms with Crippen molar-refractivity contribution < 1.29 is 9.50 Å². The van der Waals surface area contributed by atoms with Crippen LogP contribution >= 0.6 is 0 Å². The van der Waals surface area contributed by atoms with Gasteiger partial charge in [-0.3, -0.25) is 0 Å². The summed E-state index contributed by atoms with van der Waals surface area (Å²) in [6.07, 6.45) is 2.31. The first kappa shape index (κ1) is 20.8. The monoisotopic (exact) mass is 470 g/mol. The third-order valence-corrected chi connectivity index (χ3v) is 7.62. The van der Waals surface area contributed by atoms with Gasteiger partial charge in [0, 0.05) is 55.3 Å². The smallest absolute Gasteiger partial charge is 0.228 e. The van der Waals surface area contributed by atoms with Crippen LogP contribution in [0.5, 0.6) is 5.75 Å². The molecule has 4 N–H and O–H groups in total. The van der Waals surface area contributed by atoms with Gasteiger partial charge >= 0.3 is 0 Å². The Labute approximate surface area is 202 Å². The maximum Gasteiger partial charge on any atom is 0.228 e. The summed E-state index contributed by atoms with van der Waals surface area (Å²) in [5.41, 5.74) is 7.40. The molecule has 0 amide bonds. The summed E-state index contributed by atoms with van der Waals surface area (Å²) >= 11 is 0. The second kappa shape index (κ2) is 7.76. The van der Waals surface area contributed by atoms with Gasteiger partial charge in [-0.05, 0) is 47.4 Å². The average Bonchev–Trinajstić information content (AvgIpc) is 3.18. The van der Waals surface area contributed by atoms with Gasteiger partial charge in [0.15, 0.2) is 5.82 Å². The van der Waals surface area contributed by atoms with Crippen molar-refractivity contribution in [3.8, 4) is 16.9 Å². The highest BCUT2D eigenvalue weighted by Crippen LogP contribution is 2.39. The number of aromatic hydroxyl groups is 1. The Morgan fingerprint density at radius 3 is 2.43 bits per heavy atom. The number of aromatic nitrogens is 2. The molecule has 7 nitrogen and oxygen atoms in total. The minimum Gasteiger partial charge on any atom is -0.508 e. The largest absolute Gasteiger partial charge is 0.508 e. The van der Waals surface area contributed by atoms with Crippen molar-refractivity contribution in [2.75, 3.05) is 36.0 Å². The number of nitrogens with zero attached hydrogens (tertiary/aromatic N) is 4. The Balaban J connectivity index is 1.43. The van der Waals surface area contributed by atoms with E-state index >= 15 is 4.39 Å². The lowest BCUT2D eigenvalue weighted by atomic mass is 9.96. The number of fused-ring (bicyclic) bond motifs is 4. The number of halogens is 1. The van der Waals surface area contributed by atoms with Crippen molar-refractivity contribution in [1.82, 2.24) is 15.3 Å². The molecule has 3 fully saturated rings. The molecule has 0 saturated carbocycles. The number of rotatable bonds is 3. The van der Waals surface area contributed by atoms with E-state index in [2.05, 4.69) is 10.2 Å². The van der Waals surface area contributed by atoms with E-state index in [4.69, 9.17) is 15.7 Å². The Kier molecular flexibility index (Phi) is 4.62. The number of phenolic OH excluding ortho intramolecular Hbond substituents is 1. The molecule has 7 rings (SSSR count). The molecule has 178 valence electrons. The van der Waals surface area contributed by atoms with Crippen molar-refractivity contribution >= 4 is 33.4 Å². The van der Waals surface area contributed by atoms with E-state index < -0.39 is 5.82 Å². The normalized spacial score (nSPS) is 22.2. The van der Waals surface area contributed by atoms with Gasteiger partial charge < -0.3 is 26.0 Å². The minimum absolute atomic E-state index is 0.0858. The molecule has 3 aromatic carbocycles. The quantitative estimate of drug-likeness (QED) is 0.423. The number of benzene rings is 3. The van der Waals surface area contributed by atoms with E-state index in [9.17, 15) is 5.11 Å². The predicted molar refractivity (Wildman–Crippen MR) is 136 cm³/mol. The van der Waals surface area contributed by atoms with Gasteiger partial charge in [-0.1, -0.05) is 30.3 Å². The van der Waals surface area contributed by atoms with Gasteiger partial charge in [0.2, 0.25) is 5.95 Å². The molecule has 3 saturated heterocycles. The molecule has 2 unspecified atom stereocenters. The average molecular weight is 471 g/mol. The van der Waals surface area contributed by atoms with E-state index in [0.29, 0.717) is 53.2 Å². The highest BCUT2D eigenvalue weighted by molar-refractivity contribution is 6.01. The van der Waals surface area contributed by atoms with Gasteiger partial charge in [0.05, 0.1) is 0 Å². The van der Waals surface area contributed by atoms with Crippen LogP contribution in [-0.2, 0) is 0 Å². The first-order valence-electron chi connectivity index (χ1n) is 12.3. The summed E-state index contributed by atoms with van der Waals surface area (Å²) in [6, 6.07) is 15.7. The summed E-state index contributed by atoms with van der Waals surface area (Å²) < 4.78 is 16.3. The van der Waals surface area contributed by atoms with E-state index in [1.165, 1.54) is 0 Å². The Morgan fingerprint density at radius 2 is 1.66 bits per heavy atom. The van der Waals surface area contributed by atoms with Gasteiger partial charge in [0.25, 0.3) is 0 Å². The topological polar surface area (TPSA) is 90.5 Å². The summed E-state index contributed by atoms with van der Waals surface area (Å²) in [7, 11) is 0. The maximum absolute atomic E-state index is 16.3. The number of anilines is 2. The number of hydrogen-bond acceptors (Lipinski definition) is 7. The SMILES string of the molecule is NC1CN(c2nc(N3CC4CCC(C3)N4)c3ccc(-c4cc(O)cc5ccccc45)c(F)c3n2)C1. The van der Waals surface area contributed by atoms with Crippen molar-refractivity contribution in [2.45, 2.75) is 31.0 Å². The molecule has 35 heavy (non-hydrogen) atoms. The van der Waals surface area contributed by atoms with Gasteiger partial charge in [-0.15, -0.1) is 0 Å². The van der Waals surface area contributed by atoms with Gasteiger partial charge in [0.1, 0.15) is 17.1 Å². The lowest BCUT2D eigenvalue weighted by Crippen LogP contribution is -2.56. The zero-order valence-corrected chi connectivity index (χ0v) is 19.3. The van der Waals surface area contributed by atoms with Crippen LogP contribution in [0.2, 0.25) is 0 Å². The van der Waals surface area contributed by atoms with E-state index in [-0.39, 0.29) is 11.8 Å². The van der Waals surface area contributed by atoms with Crippen LogP contribution in [0.25, 0.3) is 32.8 Å². The van der Waals surface area contributed by atoms with Crippen molar-refractivity contribution in [3.05, 3.63) is 54.3 Å². The zero-order valence-electron chi connectivity index (χ0n) is 19.3. The predicted octanol–water partition coefficient (Wildman–Crippen LogP) is 3.38. The fraction of sp³-hybridized carbons (Fsp3) is 0.333. The molecule has 2 bridgehead atoms. The molecule has 1 aromatic heterocycles. The molecule has 4 aromatic rings. The van der Waals surface area contributed by atoms with E-state index in [0.717, 1.165) is 42.5 Å². The van der Waals surface area contributed by atoms with E-state index in [1.807, 2.05) is 35.2 Å². The molecule has 8 heteroatoms. The second-order valence-electron chi connectivity index (χ2n) is 10.1. The molecule has 0 radical (unpaired) electrons. The van der Waals surface area contributed by atoms with Crippen molar-refractivity contribution in [3.63, 3.8) is 0 Å². The van der Waals surface area contributed by atoms with E-state index in [1.54, 1.807) is 18.2 Å². The van der Waals surface area contributed by atoms with Crippen LogP contribution in [0, 0.1) is 5.82 Å². The number of phenols is 1. The van der Waals surface area contributed by atoms with Crippen LogP contribution in [-0.4, -0.2) is 59.4 Å². The standard InChI is InChI=1S/C27H27FN6O/c28-24-21(23-10-19(35)9-15-3-1-2-4-20(15)23)7-8-22-25(24)31-27(34-11-16(29)12-34)32-26(22)33-13-17-5-6-18(14-33)30-17/h1-4,7-10,16-18,30,35H,5-6,11-14,29H2.